The van der Waals surface area contributed by atoms with E-state index < -0.39 is 0 Å². The van der Waals surface area contributed by atoms with Crippen molar-refractivity contribution in [2.45, 2.75) is 25.2 Å². The van der Waals surface area contributed by atoms with Gasteiger partial charge < -0.3 is 5.32 Å². The van der Waals surface area contributed by atoms with Crippen molar-refractivity contribution in [2.24, 2.45) is 0 Å². The van der Waals surface area contributed by atoms with Crippen LogP contribution in [0.1, 0.15) is 35.4 Å². The fraction of sp³-hybridized carbons (Fsp3) is 0.250. The van der Waals surface area contributed by atoms with Gasteiger partial charge >= 0.3 is 0 Å². The van der Waals surface area contributed by atoms with Crippen LogP contribution in [0.3, 0.4) is 0 Å². The maximum absolute atomic E-state index is 3.59. The van der Waals surface area contributed by atoms with E-state index in [1.54, 1.807) is 0 Å². The Morgan fingerprint density at radius 2 is 1.12 bits per heavy atom. The molecule has 3 aromatic rings. The lowest BCUT2D eigenvalue weighted by Crippen LogP contribution is -2.19. The molecule has 0 fully saturated rings. The van der Waals surface area contributed by atoms with Crippen LogP contribution >= 0.6 is 0 Å². The third-order valence-electron chi connectivity index (χ3n) is 4.68. The zero-order valence-corrected chi connectivity index (χ0v) is 14.8. The Kier molecular flexibility index (Phi) is 6.84. The van der Waals surface area contributed by atoms with Crippen LogP contribution < -0.4 is 5.32 Å². The number of hydrogen-bond donors (Lipinski definition) is 1. The van der Waals surface area contributed by atoms with E-state index >= 15 is 0 Å². The summed E-state index contributed by atoms with van der Waals surface area (Å²) in [5, 5.41) is 3.59. The van der Waals surface area contributed by atoms with Crippen molar-refractivity contribution >= 4 is 0 Å². The van der Waals surface area contributed by atoms with Gasteiger partial charge in [-0.3, -0.25) is 0 Å². The van der Waals surface area contributed by atoms with Crippen molar-refractivity contribution in [2.75, 3.05) is 13.1 Å². The van der Waals surface area contributed by atoms with Crippen molar-refractivity contribution < 1.29 is 0 Å². The topological polar surface area (TPSA) is 12.0 Å². The first-order valence-electron chi connectivity index (χ1n) is 9.28. The smallest absolute Gasteiger partial charge is 0.00898 e. The molecule has 0 amide bonds. The molecule has 0 unspecified atom stereocenters. The zero-order chi connectivity index (χ0) is 17.2. The minimum Gasteiger partial charge on any atom is -0.316 e. The van der Waals surface area contributed by atoms with Gasteiger partial charge in [0.1, 0.15) is 0 Å². The standard InChI is InChI=1S/C24H27N/c1-4-11-21(12-5-1)18-20-25-19-10-17-24(22-13-6-2-7-14-22)23-15-8-3-9-16-23/h1-9,11-16,24-25H,10,17-20H2. The van der Waals surface area contributed by atoms with Crippen LogP contribution in [0, 0.1) is 0 Å². The Morgan fingerprint density at radius 3 is 1.68 bits per heavy atom. The molecular weight excluding hydrogens is 302 g/mol. The van der Waals surface area contributed by atoms with Crippen LogP contribution in [-0.4, -0.2) is 13.1 Å². The molecule has 1 heteroatoms. The molecule has 0 heterocycles. The summed E-state index contributed by atoms with van der Waals surface area (Å²) >= 11 is 0. The van der Waals surface area contributed by atoms with Crippen LogP contribution in [0.4, 0.5) is 0 Å². The van der Waals surface area contributed by atoms with Crippen LogP contribution in [0.25, 0.3) is 0 Å². The second-order valence-corrected chi connectivity index (χ2v) is 6.50. The lowest BCUT2D eigenvalue weighted by molar-refractivity contribution is 0.594. The van der Waals surface area contributed by atoms with Gasteiger partial charge in [0, 0.05) is 5.92 Å². The second-order valence-electron chi connectivity index (χ2n) is 6.50. The van der Waals surface area contributed by atoms with Crippen molar-refractivity contribution in [1.29, 1.82) is 0 Å². The Hall–Kier alpha value is -2.38. The fourth-order valence-corrected chi connectivity index (χ4v) is 3.33. The fourth-order valence-electron chi connectivity index (χ4n) is 3.33. The maximum Gasteiger partial charge on any atom is 0.00898 e. The van der Waals surface area contributed by atoms with Gasteiger partial charge in [0.15, 0.2) is 0 Å². The molecule has 0 saturated carbocycles. The highest BCUT2D eigenvalue weighted by Gasteiger charge is 2.13. The molecule has 1 N–H and O–H groups in total. The maximum atomic E-state index is 3.59. The van der Waals surface area contributed by atoms with Crippen LogP contribution in [0.5, 0.6) is 0 Å². The van der Waals surface area contributed by atoms with E-state index in [0.717, 1.165) is 19.5 Å². The molecular formula is C24H27N. The van der Waals surface area contributed by atoms with Crippen LogP contribution in [0.2, 0.25) is 0 Å². The normalized spacial score (nSPS) is 10.9. The average molecular weight is 329 g/mol. The molecule has 3 aromatic carbocycles. The Balaban J connectivity index is 1.48. The van der Waals surface area contributed by atoms with E-state index in [4.69, 9.17) is 0 Å². The van der Waals surface area contributed by atoms with Gasteiger partial charge in [0.2, 0.25) is 0 Å². The summed E-state index contributed by atoms with van der Waals surface area (Å²) in [6, 6.07) is 32.4. The van der Waals surface area contributed by atoms with Crippen molar-refractivity contribution in [3.8, 4) is 0 Å². The highest BCUT2D eigenvalue weighted by atomic mass is 14.8. The summed E-state index contributed by atoms with van der Waals surface area (Å²) in [5.74, 6) is 0.485. The Morgan fingerprint density at radius 1 is 0.600 bits per heavy atom. The predicted molar refractivity (Wildman–Crippen MR) is 107 cm³/mol. The first-order valence-corrected chi connectivity index (χ1v) is 9.28. The average Bonchev–Trinajstić information content (AvgIpc) is 2.69. The molecule has 3 rings (SSSR count). The van der Waals surface area contributed by atoms with Crippen molar-refractivity contribution in [3.05, 3.63) is 108 Å². The third kappa shape index (κ3) is 5.58. The van der Waals surface area contributed by atoms with Gasteiger partial charge in [-0.05, 0) is 49.0 Å². The third-order valence-corrected chi connectivity index (χ3v) is 4.68. The Bertz CT molecular complexity index is 667. The molecule has 128 valence electrons. The quantitative estimate of drug-likeness (QED) is 0.516. The number of nitrogens with one attached hydrogen (secondary N) is 1. The molecule has 0 aliphatic carbocycles. The van der Waals surface area contributed by atoms with E-state index in [-0.39, 0.29) is 0 Å². The molecule has 0 aliphatic rings. The number of benzene rings is 3. The molecule has 0 atom stereocenters. The highest BCUT2D eigenvalue weighted by Crippen LogP contribution is 2.28. The van der Waals surface area contributed by atoms with Crippen LogP contribution in [0.15, 0.2) is 91.0 Å². The van der Waals surface area contributed by atoms with Gasteiger partial charge in [-0.2, -0.15) is 0 Å². The summed E-state index contributed by atoms with van der Waals surface area (Å²) in [6.45, 7) is 2.12. The van der Waals surface area contributed by atoms with Gasteiger partial charge in [0.05, 0.1) is 0 Å². The minimum atomic E-state index is 0.485. The van der Waals surface area contributed by atoms with E-state index in [0.29, 0.717) is 5.92 Å². The number of rotatable bonds is 9. The lowest BCUT2D eigenvalue weighted by atomic mass is 9.87. The number of hydrogen-bond acceptors (Lipinski definition) is 1. The largest absolute Gasteiger partial charge is 0.316 e. The van der Waals surface area contributed by atoms with E-state index in [1.165, 1.54) is 29.5 Å². The van der Waals surface area contributed by atoms with E-state index in [9.17, 15) is 0 Å². The van der Waals surface area contributed by atoms with E-state index in [2.05, 4.69) is 96.3 Å². The van der Waals surface area contributed by atoms with Gasteiger partial charge in [-0.15, -0.1) is 0 Å². The SMILES string of the molecule is c1ccc(CCNCCCC(c2ccccc2)c2ccccc2)cc1. The van der Waals surface area contributed by atoms with Gasteiger partial charge in [-0.25, -0.2) is 0 Å². The highest BCUT2D eigenvalue weighted by molar-refractivity contribution is 5.32. The first kappa shape index (κ1) is 17.4. The lowest BCUT2D eigenvalue weighted by Gasteiger charge is -2.18. The van der Waals surface area contributed by atoms with Gasteiger partial charge in [-0.1, -0.05) is 91.0 Å². The second kappa shape index (κ2) is 9.80. The molecule has 1 nitrogen and oxygen atoms in total. The summed E-state index contributed by atoms with van der Waals surface area (Å²) in [6.07, 6.45) is 3.46. The molecule has 0 aromatic heterocycles. The predicted octanol–water partition coefficient (Wildman–Crippen LogP) is 5.43. The summed E-state index contributed by atoms with van der Waals surface area (Å²) in [4.78, 5) is 0. The summed E-state index contributed by atoms with van der Waals surface area (Å²) < 4.78 is 0. The molecule has 0 saturated heterocycles. The molecule has 0 bridgehead atoms. The first-order chi connectivity index (χ1) is 12.4. The molecule has 25 heavy (non-hydrogen) atoms. The van der Waals surface area contributed by atoms with E-state index in [1.807, 2.05) is 0 Å². The monoisotopic (exact) mass is 329 g/mol. The van der Waals surface area contributed by atoms with Gasteiger partial charge in [0.25, 0.3) is 0 Å². The molecule has 0 radical (unpaired) electrons. The molecule has 0 aliphatic heterocycles. The van der Waals surface area contributed by atoms with Crippen LogP contribution in [-0.2, 0) is 6.42 Å². The summed E-state index contributed by atoms with van der Waals surface area (Å²) in [7, 11) is 0. The van der Waals surface area contributed by atoms with Crippen molar-refractivity contribution in [1.82, 2.24) is 5.32 Å². The van der Waals surface area contributed by atoms with Crippen molar-refractivity contribution in [3.63, 3.8) is 0 Å². The molecule has 0 spiro atoms. The minimum absolute atomic E-state index is 0.485. The zero-order valence-electron chi connectivity index (χ0n) is 14.8. The summed E-state index contributed by atoms with van der Waals surface area (Å²) in [5.41, 5.74) is 4.23. The Labute approximate surface area is 151 Å².